The van der Waals surface area contributed by atoms with Crippen molar-refractivity contribution in [1.82, 2.24) is 0 Å². The molecule has 2 nitrogen and oxygen atoms in total. The highest BCUT2D eigenvalue weighted by molar-refractivity contribution is 9.10. The highest BCUT2D eigenvalue weighted by Crippen LogP contribution is 2.31. The zero-order valence-electron chi connectivity index (χ0n) is 9.29. The lowest BCUT2D eigenvalue weighted by Crippen LogP contribution is -2.00. The van der Waals surface area contributed by atoms with Crippen LogP contribution < -0.4 is 10.5 Å². The van der Waals surface area contributed by atoms with E-state index in [1.807, 2.05) is 0 Å². The van der Waals surface area contributed by atoms with Crippen LogP contribution in [0.2, 0.25) is 5.02 Å². The second-order valence-electron chi connectivity index (χ2n) is 3.63. The first-order valence-electron chi connectivity index (χ1n) is 5.21. The highest BCUT2D eigenvalue weighted by Gasteiger charge is 2.08. The number of hydrogen-bond acceptors (Lipinski definition) is 2. The maximum atomic E-state index is 13.2. The molecule has 94 valence electrons. The van der Waals surface area contributed by atoms with Gasteiger partial charge in [0.25, 0.3) is 0 Å². The van der Waals surface area contributed by atoms with Crippen molar-refractivity contribution in [3.63, 3.8) is 0 Å². The molecule has 0 spiro atoms. The smallest absolute Gasteiger partial charge is 0.133 e. The fourth-order valence-corrected chi connectivity index (χ4v) is 2.23. The Bertz CT molecular complexity index is 557. The molecule has 0 saturated heterocycles. The zero-order chi connectivity index (χ0) is 13.1. The Hall–Kier alpha value is -1.10. The summed E-state index contributed by atoms with van der Waals surface area (Å²) >= 11 is 9.22. The van der Waals surface area contributed by atoms with Crippen LogP contribution in [0.3, 0.4) is 0 Å². The Morgan fingerprint density at radius 3 is 2.72 bits per heavy atom. The van der Waals surface area contributed by atoms with Gasteiger partial charge in [0.1, 0.15) is 17.3 Å². The first-order valence-corrected chi connectivity index (χ1v) is 6.38. The van der Waals surface area contributed by atoms with Crippen LogP contribution in [0, 0.1) is 5.82 Å². The second kappa shape index (κ2) is 5.69. The summed E-state index contributed by atoms with van der Waals surface area (Å²) in [4.78, 5) is 0. The van der Waals surface area contributed by atoms with Gasteiger partial charge in [-0.15, -0.1) is 0 Å². The van der Waals surface area contributed by atoms with Gasteiger partial charge in [-0.1, -0.05) is 33.6 Å². The minimum absolute atomic E-state index is 0.255. The van der Waals surface area contributed by atoms with Crippen molar-refractivity contribution in [1.29, 1.82) is 0 Å². The molecule has 0 saturated carbocycles. The largest absolute Gasteiger partial charge is 0.457 e. The summed E-state index contributed by atoms with van der Waals surface area (Å²) in [5.41, 5.74) is 6.31. The summed E-state index contributed by atoms with van der Waals surface area (Å²) in [6.07, 6.45) is 0. The van der Waals surface area contributed by atoms with Crippen molar-refractivity contribution in [3.8, 4) is 11.5 Å². The molecule has 0 aliphatic heterocycles. The van der Waals surface area contributed by atoms with Crippen molar-refractivity contribution in [2.45, 2.75) is 6.54 Å². The Kier molecular flexibility index (Phi) is 4.22. The first-order chi connectivity index (χ1) is 8.60. The van der Waals surface area contributed by atoms with Crippen LogP contribution in [0.5, 0.6) is 11.5 Å². The Morgan fingerprint density at radius 1 is 1.28 bits per heavy atom. The monoisotopic (exact) mass is 329 g/mol. The average Bonchev–Trinajstić information content (AvgIpc) is 2.27. The van der Waals surface area contributed by atoms with Crippen molar-refractivity contribution in [2.24, 2.45) is 5.73 Å². The molecular weight excluding hydrogens is 321 g/mol. The number of benzene rings is 2. The van der Waals surface area contributed by atoms with Gasteiger partial charge in [0.05, 0.1) is 0 Å². The van der Waals surface area contributed by atoms with Crippen LogP contribution in [0.1, 0.15) is 5.56 Å². The lowest BCUT2D eigenvalue weighted by Gasteiger charge is -2.11. The number of hydrogen-bond donors (Lipinski definition) is 1. The number of rotatable bonds is 3. The summed E-state index contributed by atoms with van der Waals surface area (Å²) in [6.45, 7) is 0.255. The van der Waals surface area contributed by atoms with Gasteiger partial charge in [-0.3, -0.25) is 0 Å². The molecule has 0 bridgehead atoms. The number of ether oxygens (including phenoxy) is 1. The molecule has 0 atom stereocenters. The fourth-order valence-electron chi connectivity index (χ4n) is 1.55. The van der Waals surface area contributed by atoms with Gasteiger partial charge in [-0.05, 0) is 24.3 Å². The van der Waals surface area contributed by atoms with E-state index in [1.54, 1.807) is 24.3 Å². The minimum atomic E-state index is -0.379. The third-order valence-corrected chi connectivity index (χ3v) is 3.16. The van der Waals surface area contributed by atoms with Gasteiger partial charge in [0.2, 0.25) is 0 Å². The molecule has 2 N–H and O–H groups in total. The van der Waals surface area contributed by atoms with Gasteiger partial charge >= 0.3 is 0 Å². The molecule has 2 aromatic carbocycles. The van der Waals surface area contributed by atoms with E-state index in [0.29, 0.717) is 26.6 Å². The summed E-state index contributed by atoms with van der Waals surface area (Å²) < 4.78 is 19.4. The first kappa shape index (κ1) is 13.3. The van der Waals surface area contributed by atoms with Crippen LogP contribution >= 0.6 is 27.5 Å². The maximum absolute atomic E-state index is 13.2. The van der Waals surface area contributed by atoms with E-state index < -0.39 is 0 Å². The Labute approximate surface area is 118 Å². The van der Waals surface area contributed by atoms with Crippen molar-refractivity contribution >= 4 is 27.5 Å². The molecule has 0 aliphatic carbocycles. The van der Waals surface area contributed by atoms with Gasteiger partial charge in [-0.25, -0.2) is 4.39 Å². The van der Waals surface area contributed by atoms with Gasteiger partial charge in [-0.2, -0.15) is 0 Å². The van der Waals surface area contributed by atoms with Crippen LogP contribution in [0.15, 0.2) is 40.9 Å². The van der Waals surface area contributed by atoms with E-state index in [-0.39, 0.29) is 12.4 Å². The predicted molar refractivity (Wildman–Crippen MR) is 73.5 cm³/mol. The summed E-state index contributed by atoms with van der Waals surface area (Å²) in [7, 11) is 0. The molecule has 5 heteroatoms. The van der Waals surface area contributed by atoms with Crippen molar-refractivity contribution in [3.05, 3.63) is 57.3 Å². The van der Waals surface area contributed by atoms with Gasteiger partial charge < -0.3 is 10.5 Å². The van der Waals surface area contributed by atoms with E-state index in [4.69, 9.17) is 22.1 Å². The standard InChI is InChI=1S/C13H10BrClFNO/c14-8-4-9(16)6-10(5-8)18-13-3-1-2-12(15)11(13)7-17/h1-6H,7,17H2. The van der Waals surface area contributed by atoms with Crippen molar-refractivity contribution < 1.29 is 9.13 Å². The van der Waals surface area contributed by atoms with E-state index in [1.165, 1.54) is 12.1 Å². The third-order valence-electron chi connectivity index (χ3n) is 2.34. The highest BCUT2D eigenvalue weighted by atomic mass is 79.9. The molecular formula is C13H10BrClFNO. The van der Waals surface area contributed by atoms with E-state index >= 15 is 0 Å². The van der Waals surface area contributed by atoms with Gasteiger partial charge in [0.15, 0.2) is 0 Å². The Balaban J connectivity index is 2.36. The summed E-state index contributed by atoms with van der Waals surface area (Å²) in [5.74, 6) is 0.539. The molecule has 0 aliphatic rings. The van der Waals surface area contributed by atoms with E-state index in [2.05, 4.69) is 15.9 Å². The molecule has 2 rings (SSSR count). The maximum Gasteiger partial charge on any atom is 0.133 e. The lowest BCUT2D eigenvalue weighted by molar-refractivity contribution is 0.470. The third kappa shape index (κ3) is 3.02. The van der Waals surface area contributed by atoms with E-state index in [9.17, 15) is 4.39 Å². The summed E-state index contributed by atoms with van der Waals surface area (Å²) in [6, 6.07) is 9.56. The normalized spacial score (nSPS) is 10.4. The van der Waals surface area contributed by atoms with Crippen LogP contribution in [0.25, 0.3) is 0 Å². The minimum Gasteiger partial charge on any atom is -0.457 e. The molecule has 0 aromatic heterocycles. The van der Waals surface area contributed by atoms with Crippen LogP contribution in [-0.2, 0) is 6.54 Å². The second-order valence-corrected chi connectivity index (χ2v) is 4.95. The van der Waals surface area contributed by atoms with Crippen LogP contribution in [0.4, 0.5) is 4.39 Å². The molecule has 2 aromatic rings. The zero-order valence-corrected chi connectivity index (χ0v) is 11.6. The molecule has 0 amide bonds. The number of halogens is 3. The molecule has 0 radical (unpaired) electrons. The SMILES string of the molecule is NCc1c(Cl)cccc1Oc1cc(F)cc(Br)c1. The topological polar surface area (TPSA) is 35.2 Å². The predicted octanol–water partition coefficient (Wildman–Crippen LogP) is 4.49. The van der Waals surface area contributed by atoms with Crippen molar-refractivity contribution in [2.75, 3.05) is 0 Å². The average molecular weight is 331 g/mol. The van der Waals surface area contributed by atoms with Gasteiger partial charge in [0, 0.05) is 27.7 Å². The summed E-state index contributed by atoms with van der Waals surface area (Å²) in [5, 5.41) is 0.533. The molecule has 0 heterocycles. The number of nitrogens with two attached hydrogens (primary N) is 1. The quantitative estimate of drug-likeness (QED) is 0.899. The molecule has 0 fully saturated rings. The van der Waals surface area contributed by atoms with E-state index in [0.717, 1.165) is 0 Å². The van der Waals surface area contributed by atoms with Crippen LogP contribution in [-0.4, -0.2) is 0 Å². The lowest BCUT2D eigenvalue weighted by atomic mass is 10.2. The Morgan fingerprint density at radius 2 is 2.06 bits per heavy atom. The molecule has 0 unspecified atom stereocenters. The fraction of sp³-hybridized carbons (Fsp3) is 0.0769. The molecule has 18 heavy (non-hydrogen) atoms.